The maximum atomic E-state index is 12.4. The number of thiophene rings is 1. The van der Waals surface area contributed by atoms with Crippen LogP contribution in [0, 0.1) is 6.92 Å². The predicted octanol–water partition coefficient (Wildman–Crippen LogP) is 3.87. The van der Waals surface area contributed by atoms with Crippen LogP contribution in [0.4, 0.5) is 5.69 Å². The Bertz CT molecular complexity index is 1010. The summed E-state index contributed by atoms with van der Waals surface area (Å²) in [7, 11) is 0. The van der Waals surface area contributed by atoms with Gasteiger partial charge in [-0.15, -0.1) is 22.7 Å². The van der Waals surface area contributed by atoms with Crippen LogP contribution in [0.15, 0.2) is 35.7 Å². The van der Waals surface area contributed by atoms with Gasteiger partial charge < -0.3 is 15.4 Å². The zero-order chi connectivity index (χ0) is 19.5. The number of rotatable bonds is 6. The SMILES string of the molecule is Cc1nc(-c2cccs2)sc1C(=O)NCCOc1ccc2c(c1)CCC(=O)N2. The average Bonchev–Trinajstić information content (AvgIpc) is 3.34. The third kappa shape index (κ3) is 4.07. The third-order valence-electron chi connectivity index (χ3n) is 4.36. The molecular weight excluding hydrogens is 394 g/mol. The van der Waals surface area contributed by atoms with E-state index in [1.54, 1.807) is 11.3 Å². The molecule has 1 aromatic carbocycles. The minimum absolute atomic E-state index is 0.0458. The number of fused-ring (bicyclic) bond motifs is 1. The van der Waals surface area contributed by atoms with Crippen molar-refractivity contribution in [3.8, 4) is 15.6 Å². The van der Waals surface area contributed by atoms with Crippen molar-refractivity contribution in [2.45, 2.75) is 19.8 Å². The zero-order valence-electron chi connectivity index (χ0n) is 15.3. The normalized spacial score (nSPS) is 13.0. The monoisotopic (exact) mass is 413 g/mol. The van der Waals surface area contributed by atoms with Crippen molar-refractivity contribution in [2.75, 3.05) is 18.5 Å². The van der Waals surface area contributed by atoms with E-state index in [0.717, 1.165) is 32.6 Å². The quantitative estimate of drug-likeness (QED) is 0.601. The van der Waals surface area contributed by atoms with Crippen molar-refractivity contribution >= 4 is 40.2 Å². The number of hydrogen-bond donors (Lipinski definition) is 2. The number of carbonyl (C=O) groups excluding carboxylic acids is 2. The number of benzene rings is 1. The summed E-state index contributed by atoms with van der Waals surface area (Å²) in [5, 5.41) is 8.61. The van der Waals surface area contributed by atoms with Gasteiger partial charge in [-0.3, -0.25) is 9.59 Å². The molecule has 28 heavy (non-hydrogen) atoms. The lowest BCUT2D eigenvalue weighted by Crippen LogP contribution is -2.28. The topological polar surface area (TPSA) is 80.3 Å². The summed E-state index contributed by atoms with van der Waals surface area (Å²) in [5.41, 5.74) is 2.66. The second kappa shape index (κ2) is 8.12. The van der Waals surface area contributed by atoms with Crippen LogP contribution in [0.5, 0.6) is 5.75 Å². The molecule has 0 aliphatic carbocycles. The van der Waals surface area contributed by atoms with Crippen molar-refractivity contribution < 1.29 is 14.3 Å². The molecule has 3 aromatic rings. The molecule has 6 nitrogen and oxygen atoms in total. The van der Waals surface area contributed by atoms with Crippen molar-refractivity contribution in [1.82, 2.24) is 10.3 Å². The van der Waals surface area contributed by atoms with Gasteiger partial charge in [0.2, 0.25) is 5.91 Å². The van der Waals surface area contributed by atoms with Gasteiger partial charge in [-0.05, 0) is 48.6 Å². The van der Waals surface area contributed by atoms with Gasteiger partial charge >= 0.3 is 0 Å². The Kier molecular flexibility index (Phi) is 5.40. The second-order valence-electron chi connectivity index (χ2n) is 6.38. The van der Waals surface area contributed by atoms with E-state index in [4.69, 9.17) is 4.74 Å². The lowest BCUT2D eigenvalue weighted by atomic mass is 10.0. The summed E-state index contributed by atoms with van der Waals surface area (Å²) in [6, 6.07) is 9.60. The molecule has 0 spiro atoms. The Morgan fingerprint density at radius 3 is 3.04 bits per heavy atom. The maximum Gasteiger partial charge on any atom is 0.263 e. The van der Waals surface area contributed by atoms with Crippen LogP contribution in [0.1, 0.15) is 27.3 Å². The number of aryl methyl sites for hydroxylation is 2. The highest BCUT2D eigenvalue weighted by Gasteiger charge is 2.17. The molecule has 2 aromatic heterocycles. The van der Waals surface area contributed by atoms with Crippen LogP contribution < -0.4 is 15.4 Å². The highest BCUT2D eigenvalue weighted by atomic mass is 32.1. The van der Waals surface area contributed by atoms with E-state index in [2.05, 4.69) is 15.6 Å². The number of nitrogens with one attached hydrogen (secondary N) is 2. The fourth-order valence-electron chi connectivity index (χ4n) is 2.98. The third-order valence-corrected chi connectivity index (χ3v) is 6.56. The minimum atomic E-state index is -0.130. The number of anilines is 1. The summed E-state index contributed by atoms with van der Waals surface area (Å²) >= 11 is 3.02. The lowest BCUT2D eigenvalue weighted by molar-refractivity contribution is -0.116. The molecule has 0 unspecified atom stereocenters. The largest absolute Gasteiger partial charge is 0.492 e. The van der Waals surface area contributed by atoms with Crippen LogP contribution in [0.3, 0.4) is 0 Å². The summed E-state index contributed by atoms with van der Waals surface area (Å²) in [6.07, 6.45) is 1.21. The summed E-state index contributed by atoms with van der Waals surface area (Å²) < 4.78 is 5.74. The molecule has 4 rings (SSSR count). The molecule has 1 aliphatic heterocycles. The fourth-order valence-corrected chi connectivity index (χ4v) is 4.76. The van der Waals surface area contributed by atoms with E-state index in [1.807, 2.05) is 42.6 Å². The van der Waals surface area contributed by atoms with Crippen molar-refractivity contribution in [3.63, 3.8) is 0 Å². The molecule has 0 atom stereocenters. The van der Waals surface area contributed by atoms with Crippen molar-refractivity contribution in [1.29, 1.82) is 0 Å². The molecular formula is C20H19N3O3S2. The van der Waals surface area contributed by atoms with E-state index >= 15 is 0 Å². The number of hydrogen-bond acceptors (Lipinski definition) is 6. The maximum absolute atomic E-state index is 12.4. The first-order valence-electron chi connectivity index (χ1n) is 8.95. The number of amides is 2. The number of carbonyl (C=O) groups is 2. The van der Waals surface area contributed by atoms with Gasteiger partial charge in [-0.25, -0.2) is 4.98 Å². The molecule has 144 valence electrons. The van der Waals surface area contributed by atoms with Gasteiger partial charge in [0.05, 0.1) is 17.1 Å². The first kappa shape index (κ1) is 18.6. The molecule has 0 saturated carbocycles. The van der Waals surface area contributed by atoms with E-state index in [0.29, 0.717) is 30.9 Å². The first-order chi connectivity index (χ1) is 13.6. The Hall–Kier alpha value is -2.71. The number of thiazole rings is 1. The average molecular weight is 414 g/mol. The zero-order valence-corrected chi connectivity index (χ0v) is 16.9. The molecule has 3 heterocycles. The predicted molar refractivity (Wildman–Crippen MR) is 111 cm³/mol. The minimum Gasteiger partial charge on any atom is -0.492 e. The van der Waals surface area contributed by atoms with Gasteiger partial charge in [0, 0.05) is 12.1 Å². The van der Waals surface area contributed by atoms with Gasteiger partial charge in [-0.2, -0.15) is 0 Å². The van der Waals surface area contributed by atoms with Crippen molar-refractivity contribution in [3.05, 3.63) is 51.8 Å². The van der Waals surface area contributed by atoms with Gasteiger partial charge in [-0.1, -0.05) is 6.07 Å². The number of aromatic nitrogens is 1. The summed E-state index contributed by atoms with van der Waals surface area (Å²) in [5.74, 6) is 0.650. The highest BCUT2D eigenvalue weighted by molar-refractivity contribution is 7.22. The van der Waals surface area contributed by atoms with Crippen LogP contribution >= 0.6 is 22.7 Å². The number of ether oxygens (including phenoxy) is 1. The standard InChI is InChI=1S/C20H19N3O3S2/c1-12-18(28-20(22-12)16-3-2-10-27-16)19(25)21-8-9-26-14-5-6-15-13(11-14)4-7-17(24)23-15/h2-3,5-6,10-11H,4,7-9H2,1H3,(H,21,25)(H,23,24). The van der Waals surface area contributed by atoms with Crippen LogP contribution in [0.25, 0.3) is 9.88 Å². The number of nitrogens with zero attached hydrogens (tertiary/aromatic N) is 1. The van der Waals surface area contributed by atoms with E-state index < -0.39 is 0 Å². The van der Waals surface area contributed by atoms with E-state index in [9.17, 15) is 9.59 Å². The molecule has 0 bridgehead atoms. The smallest absolute Gasteiger partial charge is 0.263 e. The molecule has 2 N–H and O–H groups in total. The van der Waals surface area contributed by atoms with Gasteiger partial charge in [0.1, 0.15) is 22.2 Å². The van der Waals surface area contributed by atoms with Gasteiger partial charge in [0.25, 0.3) is 5.91 Å². The van der Waals surface area contributed by atoms with E-state index in [-0.39, 0.29) is 11.8 Å². The Labute approximate surface area is 170 Å². The van der Waals surface area contributed by atoms with Crippen molar-refractivity contribution in [2.24, 2.45) is 0 Å². The molecule has 0 radical (unpaired) electrons. The van der Waals surface area contributed by atoms with E-state index in [1.165, 1.54) is 11.3 Å². The van der Waals surface area contributed by atoms with Crippen LogP contribution in [-0.4, -0.2) is 29.9 Å². The Morgan fingerprint density at radius 1 is 1.32 bits per heavy atom. The van der Waals surface area contributed by atoms with Gasteiger partial charge in [0.15, 0.2) is 0 Å². The Balaban J connectivity index is 1.30. The second-order valence-corrected chi connectivity index (χ2v) is 8.33. The van der Waals surface area contributed by atoms with Crippen LogP contribution in [0.2, 0.25) is 0 Å². The van der Waals surface area contributed by atoms with Crippen LogP contribution in [-0.2, 0) is 11.2 Å². The molecule has 0 saturated heterocycles. The molecule has 0 fully saturated rings. The Morgan fingerprint density at radius 2 is 2.21 bits per heavy atom. The molecule has 2 amide bonds. The lowest BCUT2D eigenvalue weighted by Gasteiger charge is -2.17. The molecule has 8 heteroatoms. The fraction of sp³-hybridized carbons (Fsp3) is 0.250. The molecule has 1 aliphatic rings. The summed E-state index contributed by atoms with van der Waals surface area (Å²) in [6.45, 7) is 2.62. The summed E-state index contributed by atoms with van der Waals surface area (Å²) in [4.78, 5) is 30.1. The highest BCUT2D eigenvalue weighted by Crippen LogP contribution is 2.31. The first-order valence-corrected chi connectivity index (χ1v) is 10.6.